The Kier molecular flexibility index (Phi) is 11.5. The highest BCUT2D eigenvalue weighted by Crippen LogP contribution is 1.91. The Bertz CT molecular complexity index is 232. The van der Waals surface area contributed by atoms with Crippen molar-refractivity contribution in [2.75, 3.05) is 0 Å². The van der Waals surface area contributed by atoms with E-state index in [0.29, 0.717) is 12.1 Å². The molecule has 0 rings (SSSR count). The summed E-state index contributed by atoms with van der Waals surface area (Å²) in [7, 11) is 0. The lowest BCUT2D eigenvalue weighted by molar-refractivity contribution is -0.121. The van der Waals surface area contributed by atoms with Crippen molar-refractivity contribution in [2.24, 2.45) is 5.73 Å². The van der Waals surface area contributed by atoms with Gasteiger partial charge < -0.3 is 11.1 Å². The van der Waals surface area contributed by atoms with Gasteiger partial charge >= 0.3 is 0 Å². The van der Waals surface area contributed by atoms with Gasteiger partial charge in [-0.3, -0.25) is 4.79 Å². The van der Waals surface area contributed by atoms with E-state index in [0.717, 1.165) is 0 Å². The van der Waals surface area contributed by atoms with Crippen molar-refractivity contribution in [3.63, 3.8) is 0 Å². The number of nitrogens with one attached hydrogen (secondary N) is 1. The largest absolute Gasteiger partial charge is 0.325 e. The van der Waals surface area contributed by atoms with Gasteiger partial charge in [-0.05, 0) is 12.5 Å². The van der Waals surface area contributed by atoms with Crippen molar-refractivity contribution < 1.29 is 4.79 Å². The minimum atomic E-state index is -0.464. The van der Waals surface area contributed by atoms with Crippen LogP contribution in [0.5, 0.6) is 0 Å². The second-order valence-corrected chi connectivity index (χ2v) is 2.62. The maximum absolute atomic E-state index is 11.2. The van der Waals surface area contributed by atoms with Crippen molar-refractivity contribution in [2.45, 2.75) is 33.2 Å². The third-order valence-electron chi connectivity index (χ3n) is 1.49. The molecule has 0 aliphatic heterocycles. The molecule has 0 bridgehead atoms. The van der Waals surface area contributed by atoms with E-state index in [2.05, 4.69) is 18.5 Å². The maximum Gasteiger partial charge on any atom is 0.241 e. The summed E-state index contributed by atoms with van der Waals surface area (Å²) in [6, 6.07) is -0.464. The van der Waals surface area contributed by atoms with Gasteiger partial charge in [0.05, 0.1) is 6.04 Å². The summed E-state index contributed by atoms with van der Waals surface area (Å²) in [5.41, 5.74) is 6.02. The molecule has 1 unspecified atom stereocenters. The van der Waals surface area contributed by atoms with E-state index in [1.165, 1.54) is 0 Å². The lowest BCUT2D eigenvalue weighted by atomic mass is 10.2. The average molecular weight is 210 g/mol. The van der Waals surface area contributed by atoms with Crippen LogP contribution in [0.25, 0.3) is 0 Å². The maximum atomic E-state index is 11.2. The molecule has 0 aromatic heterocycles. The Morgan fingerprint density at radius 3 is 2.47 bits per heavy atom. The van der Waals surface area contributed by atoms with Crippen molar-refractivity contribution in [1.29, 1.82) is 0 Å². The summed E-state index contributed by atoms with van der Waals surface area (Å²) in [5.74, 6) is -0.207. The second-order valence-electron chi connectivity index (χ2n) is 2.62. The molecule has 0 fully saturated rings. The highest BCUT2D eigenvalue weighted by molar-refractivity contribution is 5.83. The van der Waals surface area contributed by atoms with Crippen molar-refractivity contribution in [1.82, 2.24) is 5.32 Å². The fourth-order valence-corrected chi connectivity index (χ4v) is 0.662. The first kappa shape index (κ1) is 16.1. The highest BCUT2D eigenvalue weighted by Gasteiger charge is 2.09. The molecule has 0 aromatic carbocycles. The molecule has 3 N–H and O–H groups in total. The van der Waals surface area contributed by atoms with Gasteiger partial charge in [-0.2, -0.15) is 0 Å². The smallest absolute Gasteiger partial charge is 0.241 e. The van der Waals surface area contributed by atoms with E-state index in [9.17, 15) is 4.79 Å². The minimum absolute atomic E-state index is 0.207. The Morgan fingerprint density at radius 2 is 2.07 bits per heavy atom. The molecule has 1 atom stereocenters. The first-order valence-corrected chi connectivity index (χ1v) is 5.16. The molecule has 3 nitrogen and oxygen atoms in total. The fraction of sp³-hybridized carbons (Fsp3) is 0.417. The molecule has 0 aliphatic carbocycles. The van der Waals surface area contributed by atoms with Crippen LogP contribution in [0.4, 0.5) is 0 Å². The topological polar surface area (TPSA) is 55.1 Å². The number of carbonyl (C=O) groups is 1. The van der Waals surface area contributed by atoms with E-state index in [1.54, 1.807) is 18.2 Å². The summed E-state index contributed by atoms with van der Waals surface area (Å²) in [4.78, 5) is 11.2. The van der Waals surface area contributed by atoms with Crippen LogP contribution in [0.1, 0.15) is 27.2 Å². The number of amides is 1. The summed E-state index contributed by atoms with van der Waals surface area (Å²) in [6.07, 6.45) is 5.58. The summed E-state index contributed by atoms with van der Waals surface area (Å²) < 4.78 is 0. The van der Waals surface area contributed by atoms with Gasteiger partial charge in [-0.15, -0.1) is 0 Å². The number of allylic oxidation sites excluding steroid dienone is 3. The van der Waals surface area contributed by atoms with E-state index in [-0.39, 0.29) is 5.91 Å². The number of nitrogens with two attached hydrogens (primary N) is 1. The standard InChI is InChI=1S/C10H16N2O.C2H6/c1-4-6-7-8(3)12-10(13)9(11)5-2;1-2/h4,6-7,9H,1,3,5,11H2,2H3,(H,12,13);1-2H3/b7-6-;. The van der Waals surface area contributed by atoms with Gasteiger partial charge in [0.2, 0.25) is 5.91 Å². The number of carbonyl (C=O) groups excluding carboxylic acids is 1. The third-order valence-corrected chi connectivity index (χ3v) is 1.49. The van der Waals surface area contributed by atoms with Crippen LogP contribution in [0.2, 0.25) is 0 Å². The normalized spacial score (nSPS) is 11.2. The zero-order chi connectivity index (χ0) is 12.3. The van der Waals surface area contributed by atoms with E-state index < -0.39 is 6.04 Å². The monoisotopic (exact) mass is 210 g/mol. The first-order chi connectivity index (χ1) is 7.11. The molecule has 1 amide bonds. The Hall–Kier alpha value is -1.35. The third kappa shape index (κ3) is 8.97. The lowest BCUT2D eigenvalue weighted by Gasteiger charge is -2.09. The van der Waals surface area contributed by atoms with E-state index >= 15 is 0 Å². The molecule has 0 spiro atoms. The molecule has 3 heteroatoms. The lowest BCUT2D eigenvalue weighted by Crippen LogP contribution is -2.39. The van der Waals surface area contributed by atoms with Gasteiger partial charge in [0.25, 0.3) is 0 Å². The number of hydrogen-bond acceptors (Lipinski definition) is 2. The fourth-order valence-electron chi connectivity index (χ4n) is 0.662. The van der Waals surface area contributed by atoms with Crippen LogP contribution in [0.3, 0.4) is 0 Å². The SMILES string of the molecule is C=C/C=C\C(=C)NC(=O)C(N)CC.CC. The quantitative estimate of drug-likeness (QED) is 0.683. The van der Waals surface area contributed by atoms with Gasteiger partial charge in [-0.25, -0.2) is 0 Å². The van der Waals surface area contributed by atoms with Crippen molar-refractivity contribution >= 4 is 5.91 Å². The molecular weight excluding hydrogens is 188 g/mol. The second kappa shape index (κ2) is 10.7. The van der Waals surface area contributed by atoms with Gasteiger partial charge in [0.15, 0.2) is 0 Å². The average Bonchev–Trinajstić information content (AvgIpc) is 2.27. The molecular formula is C12H22N2O. The molecule has 0 aromatic rings. The Balaban J connectivity index is 0. The van der Waals surface area contributed by atoms with E-state index in [1.807, 2.05) is 20.8 Å². The molecule has 0 saturated carbocycles. The van der Waals surface area contributed by atoms with Gasteiger partial charge in [0.1, 0.15) is 0 Å². The molecule has 0 aliphatic rings. The van der Waals surface area contributed by atoms with E-state index in [4.69, 9.17) is 5.73 Å². The number of rotatable bonds is 5. The van der Waals surface area contributed by atoms with Crippen molar-refractivity contribution in [3.05, 3.63) is 37.1 Å². The summed E-state index contributed by atoms with van der Waals surface area (Å²) in [6.45, 7) is 13.0. The zero-order valence-corrected chi connectivity index (χ0v) is 9.92. The minimum Gasteiger partial charge on any atom is -0.325 e. The summed E-state index contributed by atoms with van der Waals surface area (Å²) in [5, 5.41) is 2.57. The van der Waals surface area contributed by atoms with Gasteiger partial charge in [0, 0.05) is 5.70 Å². The highest BCUT2D eigenvalue weighted by atomic mass is 16.2. The Morgan fingerprint density at radius 1 is 1.53 bits per heavy atom. The predicted octanol–water partition coefficient (Wildman–Crippen LogP) is 2.12. The van der Waals surface area contributed by atoms with Crippen LogP contribution < -0.4 is 11.1 Å². The Labute approximate surface area is 92.7 Å². The molecule has 15 heavy (non-hydrogen) atoms. The van der Waals surface area contributed by atoms with Crippen LogP contribution >= 0.6 is 0 Å². The molecule has 0 radical (unpaired) electrons. The number of hydrogen-bond donors (Lipinski definition) is 2. The van der Waals surface area contributed by atoms with Crippen LogP contribution in [-0.4, -0.2) is 11.9 Å². The van der Waals surface area contributed by atoms with Crippen LogP contribution in [-0.2, 0) is 4.79 Å². The van der Waals surface area contributed by atoms with Crippen LogP contribution in [0.15, 0.2) is 37.1 Å². The summed E-state index contributed by atoms with van der Waals surface area (Å²) >= 11 is 0. The first-order valence-electron chi connectivity index (χ1n) is 5.16. The molecule has 86 valence electrons. The van der Waals surface area contributed by atoms with Gasteiger partial charge in [-0.1, -0.05) is 46.1 Å². The predicted molar refractivity (Wildman–Crippen MR) is 66.2 cm³/mol. The zero-order valence-electron chi connectivity index (χ0n) is 9.92. The molecule has 0 saturated heterocycles. The van der Waals surface area contributed by atoms with Crippen molar-refractivity contribution in [3.8, 4) is 0 Å². The molecule has 0 heterocycles. The van der Waals surface area contributed by atoms with Crippen LogP contribution in [0, 0.1) is 0 Å².